The molecule has 0 unspecified atom stereocenters. The van der Waals surface area contributed by atoms with Crippen LogP contribution >= 0.6 is 24.0 Å². The van der Waals surface area contributed by atoms with E-state index in [9.17, 15) is 5.11 Å². The summed E-state index contributed by atoms with van der Waals surface area (Å²) in [6.45, 7) is 0. The van der Waals surface area contributed by atoms with Gasteiger partial charge in [0.15, 0.2) is 0 Å². The van der Waals surface area contributed by atoms with E-state index in [-0.39, 0.29) is 5.75 Å². The molecule has 13 heavy (non-hydrogen) atoms. The van der Waals surface area contributed by atoms with Gasteiger partial charge in [0, 0.05) is 10.3 Å². The molecule has 0 aliphatic heterocycles. The van der Waals surface area contributed by atoms with Crippen molar-refractivity contribution in [2.24, 2.45) is 0 Å². The summed E-state index contributed by atoms with van der Waals surface area (Å²) in [5.41, 5.74) is 0. The van der Waals surface area contributed by atoms with E-state index in [2.05, 4.69) is 12.6 Å². The van der Waals surface area contributed by atoms with Gasteiger partial charge in [-0.2, -0.15) is 0 Å². The number of hydrogen-bond donors (Lipinski definition) is 2. The van der Waals surface area contributed by atoms with E-state index < -0.39 is 0 Å². The van der Waals surface area contributed by atoms with Gasteiger partial charge in [0.2, 0.25) is 0 Å². The fourth-order valence-electron chi connectivity index (χ4n) is 1.26. The molecule has 4 heteroatoms. The normalized spacial score (nSPS) is 10.6. The van der Waals surface area contributed by atoms with E-state index in [0.717, 1.165) is 15.0 Å². The first-order chi connectivity index (χ1) is 6.24. The Bertz CT molecular complexity index is 448. The van der Waals surface area contributed by atoms with Crippen LogP contribution in [-0.4, -0.2) is 12.2 Å². The molecular formula is C9H8O2S2. The Hall–Kier alpha value is -0.870. The van der Waals surface area contributed by atoms with Crippen molar-refractivity contribution in [3.05, 3.63) is 17.5 Å². The summed E-state index contributed by atoms with van der Waals surface area (Å²) in [5, 5.41) is 12.0. The number of fused-ring (bicyclic) bond motifs is 1. The van der Waals surface area contributed by atoms with E-state index in [0.29, 0.717) is 5.75 Å². The zero-order chi connectivity index (χ0) is 9.42. The molecule has 1 aromatic carbocycles. The van der Waals surface area contributed by atoms with Gasteiger partial charge >= 0.3 is 0 Å². The number of benzene rings is 1. The maximum atomic E-state index is 9.54. The van der Waals surface area contributed by atoms with Gasteiger partial charge in [-0.3, -0.25) is 0 Å². The first-order valence-electron chi connectivity index (χ1n) is 3.70. The second-order valence-electron chi connectivity index (χ2n) is 2.61. The number of rotatable bonds is 1. The molecule has 1 N–H and O–H groups in total. The maximum Gasteiger partial charge on any atom is 0.137 e. The molecule has 0 saturated heterocycles. The van der Waals surface area contributed by atoms with Crippen molar-refractivity contribution in [2.45, 2.75) is 4.90 Å². The van der Waals surface area contributed by atoms with E-state index >= 15 is 0 Å². The van der Waals surface area contributed by atoms with Gasteiger partial charge in [-0.25, -0.2) is 0 Å². The van der Waals surface area contributed by atoms with Gasteiger partial charge in [-0.1, -0.05) is 0 Å². The van der Waals surface area contributed by atoms with E-state index in [1.165, 1.54) is 11.3 Å². The molecular weight excluding hydrogens is 204 g/mol. The Balaban J connectivity index is 2.88. The lowest BCUT2D eigenvalue weighted by Crippen LogP contribution is -1.82. The van der Waals surface area contributed by atoms with Crippen LogP contribution in [0.5, 0.6) is 11.5 Å². The highest BCUT2D eigenvalue weighted by atomic mass is 32.1. The van der Waals surface area contributed by atoms with Crippen LogP contribution in [0.25, 0.3) is 10.1 Å². The predicted octanol–water partition coefficient (Wildman–Crippen LogP) is 2.90. The third-order valence-electron chi connectivity index (χ3n) is 1.86. The summed E-state index contributed by atoms with van der Waals surface area (Å²) >= 11 is 5.76. The highest BCUT2D eigenvalue weighted by Gasteiger charge is 2.10. The molecule has 1 heterocycles. The fraction of sp³-hybridized carbons (Fsp3) is 0.111. The van der Waals surface area contributed by atoms with Crippen LogP contribution in [0.1, 0.15) is 0 Å². The van der Waals surface area contributed by atoms with Crippen molar-refractivity contribution in [2.75, 3.05) is 7.11 Å². The molecule has 0 amide bonds. The zero-order valence-corrected chi connectivity index (χ0v) is 8.65. The van der Waals surface area contributed by atoms with Crippen LogP contribution in [0, 0.1) is 0 Å². The van der Waals surface area contributed by atoms with Crippen LogP contribution < -0.4 is 4.74 Å². The quantitative estimate of drug-likeness (QED) is 0.712. The number of aromatic hydroxyl groups is 1. The van der Waals surface area contributed by atoms with Crippen LogP contribution in [0.15, 0.2) is 22.4 Å². The van der Waals surface area contributed by atoms with Gasteiger partial charge in [-0.15, -0.1) is 24.0 Å². The zero-order valence-electron chi connectivity index (χ0n) is 6.94. The lowest BCUT2D eigenvalue weighted by Gasteiger charge is -2.03. The molecule has 0 aliphatic carbocycles. The lowest BCUT2D eigenvalue weighted by molar-refractivity contribution is 0.416. The minimum atomic E-state index is 0.257. The summed E-state index contributed by atoms with van der Waals surface area (Å²) < 4.78 is 6.09. The first-order valence-corrected chi connectivity index (χ1v) is 5.03. The average molecular weight is 212 g/mol. The van der Waals surface area contributed by atoms with Gasteiger partial charge < -0.3 is 9.84 Å². The van der Waals surface area contributed by atoms with Crippen molar-refractivity contribution < 1.29 is 9.84 Å². The maximum absolute atomic E-state index is 9.54. The monoisotopic (exact) mass is 212 g/mol. The third-order valence-corrected chi connectivity index (χ3v) is 3.39. The Morgan fingerprint density at radius 2 is 2.23 bits per heavy atom. The largest absolute Gasteiger partial charge is 0.506 e. The lowest BCUT2D eigenvalue weighted by atomic mass is 10.2. The number of hydrogen-bond acceptors (Lipinski definition) is 4. The standard InChI is InChI=1S/C9H8O2S2/c1-11-6-2-3-7(12)9-8(6)5(10)4-13-9/h2-4,10,12H,1H3. The number of thiol groups is 1. The first kappa shape index (κ1) is 8.72. The summed E-state index contributed by atoms with van der Waals surface area (Å²) in [5.74, 6) is 0.944. The Morgan fingerprint density at radius 1 is 1.46 bits per heavy atom. The average Bonchev–Trinajstić information content (AvgIpc) is 2.51. The minimum absolute atomic E-state index is 0.257. The topological polar surface area (TPSA) is 29.5 Å². The molecule has 0 bridgehead atoms. The summed E-state index contributed by atoms with van der Waals surface area (Å²) in [6, 6.07) is 3.66. The van der Waals surface area contributed by atoms with E-state index in [4.69, 9.17) is 4.74 Å². The van der Waals surface area contributed by atoms with Crippen LogP contribution in [0.2, 0.25) is 0 Å². The highest BCUT2D eigenvalue weighted by molar-refractivity contribution is 7.80. The van der Waals surface area contributed by atoms with Gasteiger partial charge in [-0.05, 0) is 12.1 Å². The smallest absolute Gasteiger partial charge is 0.137 e. The summed E-state index contributed by atoms with van der Waals surface area (Å²) in [6.07, 6.45) is 0. The molecule has 0 fully saturated rings. The van der Waals surface area contributed by atoms with Crippen LogP contribution in [0.4, 0.5) is 0 Å². The van der Waals surface area contributed by atoms with Gasteiger partial charge in [0.25, 0.3) is 0 Å². The van der Waals surface area contributed by atoms with Gasteiger partial charge in [0.1, 0.15) is 11.5 Å². The van der Waals surface area contributed by atoms with E-state index in [1.807, 2.05) is 6.07 Å². The Kier molecular flexibility index (Phi) is 2.09. The minimum Gasteiger partial charge on any atom is -0.506 e. The fourth-order valence-corrected chi connectivity index (χ4v) is 2.46. The SMILES string of the molecule is COc1ccc(S)c2scc(O)c12. The molecule has 2 nitrogen and oxygen atoms in total. The van der Waals surface area contributed by atoms with Crippen molar-refractivity contribution in [1.82, 2.24) is 0 Å². The van der Waals surface area contributed by atoms with Crippen molar-refractivity contribution in [1.29, 1.82) is 0 Å². The Morgan fingerprint density at radius 3 is 2.92 bits per heavy atom. The summed E-state index contributed by atoms with van der Waals surface area (Å²) in [7, 11) is 1.59. The number of methoxy groups -OCH3 is 1. The predicted molar refractivity (Wildman–Crippen MR) is 57.3 cm³/mol. The molecule has 0 radical (unpaired) electrons. The van der Waals surface area contributed by atoms with Crippen LogP contribution in [0.3, 0.4) is 0 Å². The molecule has 1 aromatic heterocycles. The third kappa shape index (κ3) is 1.26. The Labute approximate surface area is 85.2 Å². The summed E-state index contributed by atoms with van der Waals surface area (Å²) in [4.78, 5) is 0.862. The molecule has 0 atom stereocenters. The second kappa shape index (κ2) is 3.12. The van der Waals surface area contributed by atoms with Crippen LogP contribution in [-0.2, 0) is 0 Å². The highest BCUT2D eigenvalue weighted by Crippen LogP contribution is 2.41. The molecule has 0 saturated carbocycles. The van der Waals surface area contributed by atoms with Crippen molar-refractivity contribution in [3.8, 4) is 11.5 Å². The number of ether oxygens (including phenoxy) is 1. The molecule has 2 rings (SSSR count). The molecule has 0 aliphatic rings. The number of thiophene rings is 1. The van der Waals surface area contributed by atoms with Gasteiger partial charge in [0.05, 0.1) is 17.2 Å². The van der Waals surface area contributed by atoms with E-state index in [1.54, 1.807) is 18.6 Å². The molecule has 0 spiro atoms. The molecule has 2 aromatic rings. The second-order valence-corrected chi connectivity index (χ2v) is 3.97. The molecule has 68 valence electrons. The van der Waals surface area contributed by atoms with Crippen molar-refractivity contribution >= 4 is 34.1 Å². The van der Waals surface area contributed by atoms with Crippen molar-refractivity contribution in [3.63, 3.8) is 0 Å².